The third-order valence-corrected chi connectivity index (χ3v) is 1.91. The first-order valence-electron chi connectivity index (χ1n) is 4.60. The number of carbonyl (C=O) groups is 2. The molecule has 0 aliphatic rings. The Morgan fingerprint density at radius 3 is 2.73 bits per heavy atom. The lowest BCUT2D eigenvalue weighted by atomic mass is 10.2. The first kappa shape index (κ1) is 11.2. The Bertz CT molecular complexity index is 351. The molecule has 1 heterocycles. The molecule has 0 aliphatic carbocycles. The molecule has 0 bridgehead atoms. The predicted molar refractivity (Wildman–Crippen MR) is 53.4 cm³/mol. The third-order valence-electron chi connectivity index (χ3n) is 1.91. The largest absolute Gasteiger partial charge is 0.480 e. The van der Waals surface area contributed by atoms with E-state index in [0.29, 0.717) is 6.42 Å². The molecule has 80 valence electrons. The van der Waals surface area contributed by atoms with Gasteiger partial charge in [-0.05, 0) is 18.6 Å². The molecule has 0 radical (unpaired) electrons. The number of hydrogen-bond acceptors (Lipinski definition) is 3. The van der Waals surface area contributed by atoms with Gasteiger partial charge in [-0.1, -0.05) is 13.0 Å². The number of carbonyl (C=O) groups excluding carboxylic acids is 1. The molecule has 0 fully saturated rings. The lowest BCUT2D eigenvalue weighted by Gasteiger charge is -2.11. The lowest BCUT2D eigenvalue weighted by Crippen LogP contribution is -2.40. The Morgan fingerprint density at radius 1 is 1.53 bits per heavy atom. The van der Waals surface area contributed by atoms with E-state index in [2.05, 4.69) is 10.3 Å². The fourth-order valence-corrected chi connectivity index (χ4v) is 1.07. The van der Waals surface area contributed by atoms with E-state index in [0.717, 1.165) is 0 Å². The van der Waals surface area contributed by atoms with Gasteiger partial charge in [-0.25, -0.2) is 4.79 Å². The van der Waals surface area contributed by atoms with Gasteiger partial charge in [0.15, 0.2) is 0 Å². The van der Waals surface area contributed by atoms with Crippen molar-refractivity contribution < 1.29 is 14.7 Å². The molecule has 0 saturated heterocycles. The summed E-state index contributed by atoms with van der Waals surface area (Å²) in [6, 6.07) is 4.03. The maximum absolute atomic E-state index is 11.5. The summed E-state index contributed by atoms with van der Waals surface area (Å²) in [5.74, 6) is -1.51. The molecule has 1 amide bonds. The number of rotatable bonds is 4. The number of pyridine rings is 1. The van der Waals surface area contributed by atoms with Gasteiger partial charge in [0.2, 0.25) is 0 Å². The molecule has 0 aliphatic heterocycles. The Kier molecular flexibility index (Phi) is 3.79. The minimum Gasteiger partial charge on any atom is -0.480 e. The van der Waals surface area contributed by atoms with Crippen LogP contribution in [0, 0.1) is 0 Å². The quantitative estimate of drug-likeness (QED) is 0.762. The molecule has 1 rings (SSSR count). The van der Waals surface area contributed by atoms with Gasteiger partial charge in [0.1, 0.15) is 11.7 Å². The van der Waals surface area contributed by atoms with Crippen LogP contribution >= 0.6 is 0 Å². The van der Waals surface area contributed by atoms with Gasteiger partial charge in [0.05, 0.1) is 0 Å². The van der Waals surface area contributed by atoms with Crippen LogP contribution in [0.15, 0.2) is 24.4 Å². The van der Waals surface area contributed by atoms with Crippen molar-refractivity contribution >= 4 is 11.9 Å². The Morgan fingerprint density at radius 2 is 2.27 bits per heavy atom. The van der Waals surface area contributed by atoms with Crippen molar-refractivity contribution in [3.8, 4) is 0 Å². The average molecular weight is 208 g/mol. The summed E-state index contributed by atoms with van der Waals surface area (Å²) in [7, 11) is 0. The number of aliphatic carboxylic acids is 1. The zero-order valence-corrected chi connectivity index (χ0v) is 8.30. The van der Waals surface area contributed by atoms with E-state index in [-0.39, 0.29) is 5.69 Å². The molecule has 15 heavy (non-hydrogen) atoms. The van der Waals surface area contributed by atoms with E-state index in [9.17, 15) is 9.59 Å². The summed E-state index contributed by atoms with van der Waals surface area (Å²) in [5, 5.41) is 11.1. The monoisotopic (exact) mass is 208 g/mol. The van der Waals surface area contributed by atoms with Crippen molar-refractivity contribution in [1.29, 1.82) is 0 Å². The van der Waals surface area contributed by atoms with Gasteiger partial charge < -0.3 is 10.4 Å². The summed E-state index contributed by atoms with van der Waals surface area (Å²) >= 11 is 0. The molecule has 5 nitrogen and oxygen atoms in total. The highest BCUT2D eigenvalue weighted by Crippen LogP contribution is 1.96. The van der Waals surface area contributed by atoms with Crippen LogP contribution in [0.5, 0.6) is 0 Å². The highest BCUT2D eigenvalue weighted by atomic mass is 16.4. The first-order chi connectivity index (χ1) is 7.15. The van der Waals surface area contributed by atoms with Crippen LogP contribution in [0.25, 0.3) is 0 Å². The number of nitrogens with one attached hydrogen (secondary N) is 1. The third kappa shape index (κ3) is 3.05. The molecular formula is C10H12N2O3. The standard InChI is InChI=1S/C10H12N2O3/c1-2-7(10(14)15)12-9(13)8-5-3-4-6-11-8/h3-7H,2H2,1H3,(H,12,13)(H,14,15)/t7-/m0/s1. The highest BCUT2D eigenvalue weighted by molar-refractivity contribution is 5.94. The van der Waals surface area contributed by atoms with E-state index in [1.165, 1.54) is 12.3 Å². The minimum absolute atomic E-state index is 0.220. The van der Waals surface area contributed by atoms with Crippen LogP contribution in [-0.4, -0.2) is 28.0 Å². The summed E-state index contributed by atoms with van der Waals surface area (Å²) in [6.45, 7) is 1.69. The van der Waals surface area contributed by atoms with Crippen LogP contribution in [0.2, 0.25) is 0 Å². The number of aromatic nitrogens is 1. The molecule has 1 aromatic heterocycles. The topological polar surface area (TPSA) is 79.3 Å². The summed E-state index contributed by atoms with van der Waals surface area (Å²) < 4.78 is 0. The van der Waals surface area contributed by atoms with Crippen molar-refractivity contribution in [3.05, 3.63) is 30.1 Å². The second-order valence-corrected chi connectivity index (χ2v) is 2.99. The summed E-state index contributed by atoms with van der Waals surface area (Å²) in [6.07, 6.45) is 1.82. The van der Waals surface area contributed by atoms with Crippen molar-refractivity contribution in [2.75, 3.05) is 0 Å². The molecule has 1 atom stereocenters. The maximum atomic E-state index is 11.5. The minimum atomic E-state index is -1.04. The lowest BCUT2D eigenvalue weighted by molar-refractivity contribution is -0.139. The Balaban J connectivity index is 2.67. The van der Waals surface area contributed by atoms with Crippen molar-refractivity contribution in [1.82, 2.24) is 10.3 Å². The van der Waals surface area contributed by atoms with Gasteiger partial charge in [0.25, 0.3) is 5.91 Å². The van der Waals surface area contributed by atoms with Gasteiger partial charge in [-0.3, -0.25) is 9.78 Å². The molecular weight excluding hydrogens is 196 g/mol. The second-order valence-electron chi connectivity index (χ2n) is 2.99. The maximum Gasteiger partial charge on any atom is 0.326 e. The zero-order chi connectivity index (χ0) is 11.3. The highest BCUT2D eigenvalue weighted by Gasteiger charge is 2.18. The molecule has 0 unspecified atom stereocenters. The van der Waals surface area contributed by atoms with E-state index < -0.39 is 17.9 Å². The molecule has 1 aromatic rings. The van der Waals surface area contributed by atoms with Crippen molar-refractivity contribution in [2.45, 2.75) is 19.4 Å². The Hall–Kier alpha value is -1.91. The fraction of sp³-hybridized carbons (Fsp3) is 0.300. The molecule has 2 N–H and O–H groups in total. The van der Waals surface area contributed by atoms with E-state index >= 15 is 0 Å². The van der Waals surface area contributed by atoms with E-state index in [1.807, 2.05) is 0 Å². The van der Waals surface area contributed by atoms with Crippen LogP contribution in [0.1, 0.15) is 23.8 Å². The number of carboxylic acid groups (broad SMARTS) is 1. The summed E-state index contributed by atoms with van der Waals surface area (Å²) in [5.41, 5.74) is 0.220. The van der Waals surface area contributed by atoms with E-state index in [4.69, 9.17) is 5.11 Å². The molecule has 0 aromatic carbocycles. The number of amides is 1. The smallest absolute Gasteiger partial charge is 0.326 e. The second kappa shape index (κ2) is 5.09. The Labute approximate surface area is 87.1 Å². The number of nitrogens with zero attached hydrogens (tertiary/aromatic N) is 1. The van der Waals surface area contributed by atoms with Gasteiger partial charge in [-0.2, -0.15) is 0 Å². The number of hydrogen-bond donors (Lipinski definition) is 2. The summed E-state index contributed by atoms with van der Waals surface area (Å²) in [4.78, 5) is 26.0. The van der Waals surface area contributed by atoms with Crippen LogP contribution in [0.3, 0.4) is 0 Å². The average Bonchev–Trinajstić information content (AvgIpc) is 2.26. The zero-order valence-electron chi connectivity index (χ0n) is 8.30. The fourth-order valence-electron chi connectivity index (χ4n) is 1.07. The van der Waals surface area contributed by atoms with Crippen LogP contribution < -0.4 is 5.32 Å². The van der Waals surface area contributed by atoms with Gasteiger partial charge in [0, 0.05) is 6.20 Å². The molecule has 0 spiro atoms. The van der Waals surface area contributed by atoms with Crippen LogP contribution in [0.4, 0.5) is 0 Å². The van der Waals surface area contributed by atoms with Gasteiger partial charge in [-0.15, -0.1) is 0 Å². The first-order valence-corrected chi connectivity index (χ1v) is 4.60. The molecule has 0 saturated carbocycles. The predicted octanol–water partition coefficient (Wildman–Crippen LogP) is 0.675. The SMILES string of the molecule is CC[C@H](NC(=O)c1ccccn1)C(=O)O. The van der Waals surface area contributed by atoms with E-state index in [1.54, 1.807) is 19.1 Å². The molecule has 5 heteroatoms. The van der Waals surface area contributed by atoms with Crippen molar-refractivity contribution in [3.63, 3.8) is 0 Å². The van der Waals surface area contributed by atoms with Crippen LogP contribution in [-0.2, 0) is 4.79 Å². The number of carboxylic acids is 1. The normalized spacial score (nSPS) is 11.8. The van der Waals surface area contributed by atoms with Gasteiger partial charge >= 0.3 is 5.97 Å². The van der Waals surface area contributed by atoms with Crippen molar-refractivity contribution in [2.24, 2.45) is 0 Å².